The lowest BCUT2D eigenvalue weighted by molar-refractivity contribution is -0.118. The van der Waals surface area contributed by atoms with Crippen LogP contribution in [-0.2, 0) is 4.79 Å². The summed E-state index contributed by atoms with van der Waals surface area (Å²) in [6, 6.07) is 8.59. The molecule has 3 rings (SSSR count). The maximum absolute atomic E-state index is 12.4. The maximum Gasteiger partial charge on any atom is 0.257 e. The Morgan fingerprint density at radius 1 is 1.23 bits per heavy atom. The fourth-order valence-electron chi connectivity index (χ4n) is 2.71. The molecule has 0 aliphatic carbocycles. The summed E-state index contributed by atoms with van der Waals surface area (Å²) < 4.78 is 5.09. The van der Waals surface area contributed by atoms with Gasteiger partial charge in [-0.3, -0.25) is 9.59 Å². The van der Waals surface area contributed by atoms with Crippen LogP contribution in [0.15, 0.2) is 36.5 Å². The first-order valence-corrected chi connectivity index (χ1v) is 8.54. The molecule has 2 aromatic rings. The normalized spacial score (nSPS) is 14.1. The van der Waals surface area contributed by atoms with E-state index in [9.17, 15) is 9.59 Å². The Bertz CT molecular complexity index is 790. The highest BCUT2D eigenvalue weighted by Crippen LogP contribution is 2.27. The third-order valence-electron chi connectivity index (χ3n) is 4.21. The van der Waals surface area contributed by atoms with Gasteiger partial charge in [0.1, 0.15) is 11.6 Å². The number of anilines is 2. The molecule has 0 atom stereocenters. The van der Waals surface area contributed by atoms with Gasteiger partial charge in [0.05, 0.1) is 17.7 Å². The summed E-state index contributed by atoms with van der Waals surface area (Å²) in [5, 5.41) is 3.21. The van der Waals surface area contributed by atoms with Crippen LogP contribution in [0.4, 0.5) is 11.5 Å². The third kappa shape index (κ3) is 4.05. The fourth-order valence-corrected chi connectivity index (χ4v) is 2.97. The zero-order valence-corrected chi connectivity index (χ0v) is 15.1. The lowest BCUT2D eigenvalue weighted by Gasteiger charge is -2.33. The van der Waals surface area contributed by atoms with E-state index in [1.165, 1.54) is 7.11 Å². The number of hydrogen-bond donors (Lipinski definition) is 1. The zero-order chi connectivity index (χ0) is 18.5. The summed E-state index contributed by atoms with van der Waals surface area (Å²) in [6.45, 7) is 2.79. The molecule has 136 valence electrons. The molecule has 0 unspecified atom stereocenters. The van der Waals surface area contributed by atoms with Crippen LogP contribution >= 0.6 is 11.6 Å². The number of nitrogens with one attached hydrogen (secondary N) is 1. The lowest BCUT2D eigenvalue weighted by atomic mass is 10.2. The van der Waals surface area contributed by atoms with Crippen LogP contribution in [0.1, 0.15) is 10.4 Å². The van der Waals surface area contributed by atoms with Crippen molar-refractivity contribution in [3.8, 4) is 5.75 Å². The largest absolute Gasteiger partial charge is 0.495 e. The molecular weight excluding hydrogens is 356 g/mol. The van der Waals surface area contributed by atoms with E-state index in [2.05, 4.69) is 15.2 Å². The summed E-state index contributed by atoms with van der Waals surface area (Å²) >= 11 is 6.07. The second-order valence-corrected chi connectivity index (χ2v) is 6.24. The van der Waals surface area contributed by atoms with Crippen molar-refractivity contribution in [3.63, 3.8) is 0 Å². The summed E-state index contributed by atoms with van der Waals surface area (Å²) in [4.78, 5) is 31.3. The molecule has 2 heterocycles. The molecular formula is C18H19ClN4O3. The smallest absolute Gasteiger partial charge is 0.257 e. The number of methoxy groups -OCH3 is 1. The number of rotatable bonds is 5. The summed E-state index contributed by atoms with van der Waals surface area (Å²) in [5.41, 5.74) is 1.03. The Morgan fingerprint density at radius 2 is 2.00 bits per heavy atom. The van der Waals surface area contributed by atoms with E-state index >= 15 is 0 Å². The number of benzene rings is 1. The molecule has 0 bridgehead atoms. The molecule has 2 amide bonds. The van der Waals surface area contributed by atoms with Gasteiger partial charge in [-0.25, -0.2) is 4.98 Å². The van der Waals surface area contributed by atoms with Crippen molar-refractivity contribution < 1.29 is 14.3 Å². The molecule has 1 saturated heterocycles. The quantitative estimate of drug-likeness (QED) is 0.813. The van der Waals surface area contributed by atoms with E-state index in [-0.39, 0.29) is 5.91 Å². The van der Waals surface area contributed by atoms with Crippen molar-refractivity contribution in [3.05, 3.63) is 47.1 Å². The molecule has 1 N–H and O–H groups in total. The number of carbonyl (C=O) groups excluding carboxylic acids is 2. The number of aromatic nitrogens is 1. The SMILES string of the molecule is COc1ccc(NC(=O)c2ccc(N3CCN(C=O)CC3)nc2)cc1Cl. The van der Waals surface area contributed by atoms with Crippen LogP contribution in [0, 0.1) is 0 Å². The van der Waals surface area contributed by atoms with Crippen LogP contribution in [0.25, 0.3) is 0 Å². The van der Waals surface area contributed by atoms with E-state index in [1.54, 1.807) is 35.4 Å². The first kappa shape index (κ1) is 18.0. The van der Waals surface area contributed by atoms with Gasteiger partial charge < -0.3 is 19.9 Å². The van der Waals surface area contributed by atoms with E-state index in [4.69, 9.17) is 16.3 Å². The Morgan fingerprint density at radius 3 is 2.58 bits per heavy atom. The van der Waals surface area contributed by atoms with Crippen LogP contribution in [-0.4, -0.2) is 55.5 Å². The average Bonchev–Trinajstić information content (AvgIpc) is 2.68. The Balaban J connectivity index is 1.64. The van der Waals surface area contributed by atoms with Crippen LogP contribution < -0.4 is 15.0 Å². The van der Waals surface area contributed by atoms with Crippen molar-refractivity contribution in [1.29, 1.82) is 0 Å². The summed E-state index contributed by atoms with van der Waals surface area (Å²) in [6.07, 6.45) is 2.41. The van der Waals surface area contributed by atoms with Gasteiger partial charge in [-0.15, -0.1) is 0 Å². The lowest BCUT2D eigenvalue weighted by Crippen LogP contribution is -2.46. The van der Waals surface area contributed by atoms with Crippen molar-refractivity contribution in [1.82, 2.24) is 9.88 Å². The van der Waals surface area contributed by atoms with E-state index in [1.807, 2.05) is 6.07 Å². The van der Waals surface area contributed by atoms with Gasteiger partial charge in [0.25, 0.3) is 5.91 Å². The van der Waals surface area contributed by atoms with E-state index in [0.717, 1.165) is 25.3 Å². The Hall–Kier alpha value is -2.80. The Kier molecular flexibility index (Phi) is 5.58. The molecule has 1 aromatic carbocycles. The molecule has 0 radical (unpaired) electrons. The first-order valence-electron chi connectivity index (χ1n) is 8.16. The van der Waals surface area contributed by atoms with Crippen LogP contribution in [0.3, 0.4) is 0 Å². The minimum absolute atomic E-state index is 0.268. The fraction of sp³-hybridized carbons (Fsp3) is 0.278. The molecule has 1 aromatic heterocycles. The van der Waals surface area contributed by atoms with Gasteiger partial charge in [0.2, 0.25) is 6.41 Å². The average molecular weight is 375 g/mol. The zero-order valence-electron chi connectivity index (χ0n) is 14.3. The van der Waals surface area contributed by atoms with Gasteiger partial charge in [-0.05, 0) is 30.3 Å². The van der Waals surface area contributed by atoms with Gasteiger partial charge in [0.15, 0.2) is 0 Å². The predicted molar refractivity (Wildman–Crippen MR) is 100 cm³/mol. The van der Waals surface area contributed by atoms with Crippen molar-refractivity contribution in [2.75, 3.05) is 43.5 Å². The third-order valence-corrected chi connectivity index (χ3v) is 4.50. The number of hydrogen-bond acceptors (Lipinski definition) is 5. The molecule has 1 aliphatic rings. The monoisotopic (exact) mass is 374 g/mol. The van der Waals surface area contributed by atoms with Gasteiger partial charge in [-0.2, -0.15) is 0 Å². The van der Waals surface area contributed by atoms with Gasteiger partial charge in [-0.1, -0.05) is 11.6 Å². The van der Waals surface area contributed by atoms with Gasteiger partial charge in [0, 0.05) is 38.1 Å². The number of halogens is 1. The van der Waals surface area contributed by atoms with E-state index in [0.29, 0.717) is 35.1 Å². The highest BCUT2D eigenvalue weighted by atomic mass is 35.5. The number of ether oxygens (including phenoxy) is 1. The number of carbonyl (C=O) groups is 2. The summed E-state index contributed by atoms with van der Waals surface area (Å²) in [7, 11) is 1.53. The van der Waals surface area contributed by atoms with Crippen molar-refractivity contribution in [2.24, 2.45) is 0 Å². The predicted octanol–water partition coefficient (Wildman–Crippen LogP) is 2.27. The first-order chi connectivity index (χ1) is 12.6. The summed E-state index contributed by atoms with van der Waals surface area (Å²) in [5.74, 6) is 1.07. The topological polar surface area (TPSA) is 74.8 Å². The molecule has 1 aliphatic heterocycles. The maximum atomic E-state index is 12.4. The molecule has 1 fully saturated rings. The Labute approximate surface area is 156 Å². The highest BCUT2D eigenvalue weighted by molar-refractivity contribution is 6.32. The number of piperazine rings is 1. The molecule has 26 heavy (non-hydrogen) atoms. The standard InChI is InChI=1S/C18H19ClN4O3/c1-26-16-4-3-14(10-15(16)19)21-18(25)13-2-5-17(20-11-13)23-8-6-22(12-24)7-9-23/h2-5,10-12H,6-9H2,1H3,(H,21,25). The second-order valence-electron chi connectivity index (χ2n) is 5.84. The second kappa shape index (κ2) is 8.05. The molecule has 7 nitrogen and oxygen atoms in total. The number of amides is 2. The number of pyridine rings is 1. The number of nitrogens with zero attached hydrogens (tertiary/aromatic N) is 3. The van der Waals surface area contributed by atoms with Crippen LogP contribution in [0.5, 0.6) is 5.75 Å². The molecule has 0 spiro atoms. The van der Waals surface area contributed by atoms with Crippen molar-refractivity contribution in [2.45, 2.75) is 0 Å². The van der Waals surface area contributed by atoms with Crippen molar-refractivity contribution >= 4 is 35.4 Å². The molecule has 8 heteroatoms. The van der Waals surface area contributed by atoms with Gasteiger partial charge >= 0.3 is 0 Å². The minimum atomic E-state index is -0.268. The molecule has 0 saturated carbocycles. The minimum Gasteiger partial charge on any atom is -0.495 e. The highest BCUT2D eigenvalue weighted by Gasteiger charge is 2.17. The van der Waals surface area contributed by atoms with E-state index < -0.39 is 0 Å². The van der Waals surface area contributed by atoms with Crippen LogP contribution in [0.2, 0.25) is 5.02 Å².